The molecule has 1 aromatic carbocycles. The number of piperidine rings is 1. The number of halogens is 2. The summed E-state index contributed by atoms with van der Waals surface area (Å²) in [6.45, 7) is 7.50. The number of nitrogens with zero attached hydrogens (tertiary/aromatic N) is 2. The molecule has 0 radical (unpaired) electrons. The van der Waals surface area contributed by atoms with E-state index in [1.807, 2.05) is 25.3 Å². The lowest BCUT2D eigenvalue weighted by molar-refractivity contribution is 0.0952. The lowest BCUT2D eigenvalue weighted by Crippen LogP contribution is -2.35. The molecule has 1 aliphatic heterocycles. The van der Waals surface area contributed by atoms with E-state index in [0.29, 0.717) is 17.4 Å². The highest BCUT2D eigenvalue weighted by Gasteiger charge is 2.26. The molecular weight excluding hydrogens is 489 g/mol. The van der Waals surface area contributed by atoms with Gasteiger partial charge in [0.25, 0.3) is 5.91 Å². The summed E-state index contributed by atoms with van der Waals surface area (Å²) < 4.78 is 1.11. The van der Waals surface area contributed by atoms with E-state index in [1.54, 1.807) is 11.3 Å². The van der Waals surface area contributed by atoms with Crippen molar-refractivity contribution in [3.63, 3.8) is 0 Å². The maximum absolute atomic E-state index is 12.7. The van der Waals surface area contributed by atoms with Crippen molar-refractivity contribution in [1.82, 2.24) is 20.6 Å². The smallest absolute Gasteiger partial charge is 0.252 e. The molecule has 0 atom stereocenters. The summed E-state index contributed by atoms with van der Waals surface area (Å²) in [5.74, 6) is 0.697. The van der Waals surface area contributed by atoms with E-state index in [9.17, 15) is 4.79 Å². The van der Waals surface area contributed by atoms with Gasteiger partial charge in [-0.15, -0.1) is 36.2 Å². The van der Waals surface area contributed by atoms with Crippen LogP contribution in [-0.2, 0) is 0 Å². The summed E-state index contributed by atoms with van der Waals surface area (Å²) in [6, 6.07) is 8.41. The van der Waals surface area contributed by atoms with Crippen LogP contribution in [0.5, 0.6) is 0 Å². The second-order valence-corrected chi connectivity index (χ2v) is 10.6. The lowest BCUT2D eigenvalue weighted by atomic mass is 9.78. The number of carbonyl (C=O) groups excluding carboxylic acids is 1. The highest BCUT2D eigenvalue weighted by molar-refractivity contribution is 7.22. The molecule has 3 N–H and O–H groups in total. The Kier molecular flexibility index (Phi) is 8.79. The van der Waals surface area contributed by atoms with E-state index < -0.39 is 0 Å². The zero-order chi connectivity index (χ0) is 22.1. The van der Waals surface area contributed by atoms with Gasteiger partial charge in [0.05, 0.1) is 10.6 Å². The first-order valence-corrected chi connectivity index (χ1v) is 12.4. The number of thiophene rings is 1. The molecule has 2 fully saturated rings. The van der Waals surface area contributed by atoms with E-state index in [0.717, 1.165) is 70.7 Å². The number of hydrogen-bond donors (Lipinski definition) is 3. The number of carbonyl (C=O) groups is 1. The van der Waals surface area contributed by atoms with Gasteiger partial charge in [-0.05, 0) is 81.3 Å². The zero-order valence-corrected chi connectivity index (χ0v) is 22.1. The quantitative estimate of drug-likeness (QED) is 0.377. The molecule has 3 aromatic rings. The van der Waals surface area contributed by atoms with Crippen LogP contribution in [-0.4, -0.2) is 41.6 Å². The van der Waals surface area contributed by atoms with Crippen LogP contribution in [0.1, 0.15) is 54.9 Å². The number of benzene rings is 1. The maximum atomic E-state index is 12.7. The predicted molar refractivity (Wildman–Crippen MR) is 146 cm³/mol. The van der Waals surface area contributed by atoms with Gasteiger partial charge in [-0.2, -0.15) is 0 Å². The maximum Gasteiger partial charge on any atom is 0.252 e. The highest BCUT2D eigenvalue weighted by Crippen LogP contribution is 2.36. The van der Waals surface area contributed by atoms with Gasteiger partial charge in [-0.25, -0.2) is 9.97 Å². The van der Waals surface area contributed by atoms with Crippen molar-refractivity contribution in [3.8, 4) is 10.6 Å². The van der Waals surface area contributed by atoms with Gasteiger partial charge < -0.3 is 16.0 Å². The normalized spacial score (nSPS) is 16.9. The number of aryl methyl sites for hydroxylation is 1. The SMILES string of the molecule is Cc1cnc(NCCC2(C)CCNCC2)nc1-c1cc2c(C(=O)NC3CC3)cccc2s1.Cl.Cl. The van der Waals surface area contributed by atoms with Gasteiger partial charge in [0.1, 0.15) is 0 Å². The van der Waals surface area contributed by atoms with Crippen molar-refractivity contribution in [3.05, 3.63) is 41.6 Å². The van der Waals surface area contributed by atoms with Crippen LogP contribution in [0.25, 0.3) is 20.7 Å². The fraction of sp³-hybridized carbons (Fsp3) is 0.480. The molecule has 9 heteroatoms. The van der Waals surface area contributed by atoms with Crippen molar-refractivity contribution in [2.24, 2.45) is 5.41 Å². The molecule has 1 amide bonds. The first-order valence-electron chi connectivity index (χ1n) is 11.6. The minimum Gasteiger partial charge on any atom is -0.354 e. The molecule has 1 saturated carbocycles. The van der Waals surface area contributed by atoms with E-state index in [-0.39, 0.29) is 30.7 Å². The Morgan fingerprint density at radius 1 is 1.24 bits per heavy atom. The number of anilines is 1. The standard InChI is InChI=1S/C25H31N5OS.2ClH/c1-16-15-28-24(27-13-10-25(2)8-11-26-12-9-25)30-22(16)21-14-19-18(4-3-5-20(19)32-21)23(31)29-17-6-7-17;;/h3-5,14-15,17,26H,6-13H2,1-2H3,(H,29,31)(H,27,28,30);2*1H. The largest absolute Gasteiger partial charge is 0.354 e. The minimum atomic E-state index is 0. The molecule has 1 aliphatic carbocycles. The Labute approximate surface area is 217 Å². The summed E-state index contributed by atoms with van der Waals surface area (Å²) in [6.07, 6.45) is 7.61. The Morgan fingerprint density at radius 2 is 2.00 bits per heavy atom. The van der Waals surface area contributed by atoms with Crippen molar-refractivity contribution >= 4 is 58.1 Å². The topological polar surface area (TPSA) is 78.9 Å². The average Bonchev–Trinajstić information content (AvgIpc) is 3.49. The van der Waals surface area contributed by atoms with E-state index in [4.69, 9.17) is 4.98 Å². The number of rotatable bonds is 7. The zero-order valence-electron chi connectivity index (χ0n) is 19.6. The lowest BCUT2D eigenvalue weighted by Gasteiger charge is -2.34. The number of fused-ring (bicyclic) bond motifs is 1. The summed E-state index contributed by atoms with van der Waals surface area (Å²) in [4.78, 5) is 23.1. The van der Waals surface area contributed by atoms with E-state index in [1.165, 1.54) is 12.8 Å². The minimum absolute atomic E-state index is 0. The van der Waals surface area contributed by atoms with Crippen LogP contribution >= 0.6 is 36.2 Å². The third kappa shape index (κ3) is 6.00. The van der Waals surface area contributed by atoms with Crippen molar-refractivity contribution < 1.29 is 4.79 Å². The van der Waals surface area contributed by atoms with Crippen molar-refractivity contribution in [2.45, 2.75) is 52.0 Å². The van der Waals surface area contributed by atoms with Gasteiger partial charge in [-0.3, -0.25) is 4.79 Å². The molecule has 0 spiro atoms. The highest BCUT2D eigenvalue weighted by atomic mass is 35.5. The van der Waals surface area contributed by atoms with Crippen LogP contribution < -0.4 is 16.0 Å². The van der Waals surface area contributed by atoms with Crippen molar-refractivity contribution in [2.75, 3.05) is 25.0 Å². The molecule has 2 aliphatic rings. The molecule has 5 rings (SSSR count). The molecule has 2 aromatic heterocycles. The van der Waals surface area contributed by atoms with Gasteiger partial charge in [0.2, 0.25) is 5.95 Å². The van der Waals surface area contributed by atoms with Crippen LogP contribution in [0.4, 0.5) is 5.95 Å². The fourth-order valence-electron chi connectivity index (χ4n) is 4.40. The molecule has 34 heavy (non-hydrogen) atoms. The van der Waals surface area contributed by atoms with Gasteiger partial charge in [0, 0.05) is 34.4 Å². The summed E-state index contributed by atoms with van der Waals surface area (Å²) >= 11 is 1.68. The molecule has 3 heterocycles. The number of hydrogen-bond acceptors (Lipinski definition) is 6. The molecule has 184 valence electrons. The Morgan fingerprint density at radius 3 is 2.74 bits per heavy atom. The first kappa shape index (κ1) is 26.7. The summed E-state index contributed by atoms with van der Waals surface area (Å²) in [5.41, 5.74) is 3.10. The molecule has 1 saturated heterocycles. The molecule has 0 bridgehead atoms. The Hall–Kier alpha value is -1.93. The van der Waals surface area contributed by atoms with Crippen LogP contribution in [0.15, 0.2) is 30.5 Å². The summed E-state index contributed by atoms with van der Waals surface area (Å²) in [7, 11) is 0. The summed E-state index contributed by atoms with van der Waals surface area (Å²) in [5, 5.41) is 11.0. The fourth-order valence-corrected chi connectivity index (χ4v) is 5.54. The number of aromatic nitrogens is 2. The van der Waals surface area contributed by atoms with Gasteiger partial charge in [-0.1, -0.05) is 13.0 Å². The van der Waals surface area contributed by atoms with Crippen LogP contribution in [0.2, 0.25) is 0 Å². The Balaban J connectivity index is 0.00000162. The predicted octanol–water partition coefficient (Wildman–Crippen LogP) is 5.59. The Bertz CT molecular complexity index is 1140. The van der Waals surface area contributed by atoms with Crippen LogP contribution in [0, 0.1) is 12.3 Å². The van der Waals surface area contributed by atoms with Crippen molar-refractivity contribution in [1.29, 1.82) is 0 Å². The average molecular weight is 523 g/mol. The number of nitrogens with one attached hydrogen (secondary N) is 3. The van der Waals surface area contributed by atoms with Gasteiger partial charge in [0.15, 0.2) is 0 Å². The second-order valence-electron chi connectivity index (χ2n) is 9.54. The molecule has 0 unspecified atom stereocenters. The first-order chi connectivity index (χ1) is 15.5. The third-order valence-electron chi connectivity index (χ3n) is 6.75. The van der Waals surface area contributed by atoms with E-state index >= 15 is 0 Å². The molecule has 6 nitrogen and oxygen atoms in total. The van der Waals surface area contributed by atoms with E-state index in [2.05, 4.69) is 40.0 Å². The number of amides is 1. The monoisotopic (exact) mass is 521 g/mol. The van der Waals surface area contributed by atoms with Gasteiger partial charge >= 0.3 is 0 Å². The third-order valence-corrected chi connectivity index (χ3v) is 7.85. The second kappa shape index (κ2) is 11.2. The van der Waals surface area contributed by atoms with Crippen LogP contribution in [0.3, 0.4) is 0 Å². The molecular formula is C25H33Cl2N5OS.